The van der Waals surface area contributed by atoms with E-state index in [0.29, 0.717) is 29.4 Å². The van der Waals surface area contributed by atoms with Gasteiger partial charge in [0.25, 0.3) is 5.91 Å². The lowest BCUT2D eigenvalue weighted by molar-refractivity contribution is -0.122. The number of rotatable bonds is 6. The van der Waals surface area contributed by atoms with Crippen molar-refractivity contribution < 1.29 is 9.53 Å². The molecule has 2 aromatic carbocycles. The highest BCUT2D eigenvalue weighted by Crippen LogP contribution is 2.26. The van der Waals surface area contributed by atoms with Gasteiger partial charge in [0.15, 0.2) is 6.10 Å². The van der Waals surface area contributed by atoms with Gasteiger partial charge in [0.05, 0.1) is 15.2 Å². The van der Waals surface area contributed by atoms with Gasteiger partial charge in [-0.3, -0.25) is 14.2 Å². The Kier molecular flexibility index (Phi) is 5.64. The Balaban J connectivity index is 1.78. The van der Waals surface area contributed by atoms with E-state index < -0.39 is 6.10 Å². The number of halogens is 1. The van der Waals surface area contributed by atoms with E-state index in [1.54, 1.807) is 34.9 Å². The number of carbonyl (C=O) groups is 1. The van der Waals surface area contributed by atoms with Crippen molar-refractivity contribution in [1.82, 2.24) is 4.57 Å². The molecule has 26 heavy (non-hydrogen) atoms. The second-order valence-electron chi connectivity index (χ2n) is 5.73. The Morgan fingerprint density at radius 3 is 2.73 bits per heavy atom. The third-order valence-electron chi connectivity index (χ3n) is 4.02. The first-order valence-electron chi connectivity index (χ1n) is 8.39. The van der Waals surface area contributed by atoms with Crippen molar-refractivity contribution >= 4 is 44.7 Å². The minimum atomic E-state index is -0.662. The van der Waals surface area contributed by atoms with Crippen LogP contribution >= 0.6 is 22.9 Å². The molecule has 1 atom stereocenters. The van der Waals surface area contributed by atoms with Crippen molar-refractivity contribution in [3.8, 4) is 5.75 Å². The SMILES string of the molecule is CC[C@@H](Oc1ccccc1Cl)C(=O)Nc1ccc2c(c1)sc(=O)n2CC. The molecule has 0 aliphatic rings. The molecule has 0 unspecified atom stereocenters. The molecule has 0 aliphatic heterocycles. The maximum atomic E-state index is 12.6. The van der Waals surface area contributed by atoms with Crippen LogP contribution in [0.3, 0.4) is 0 Å². The van der Waals surface area contributed by atoms with Crippen LogP contribution < -0.4 is 14.9 Å². The number of amides is 1. The van der Waals surface area contributed by atoms with Gasteiger partial charge in [0.2, 0.25) is 0 Å². The van der Waals surface area contributed by atoms with E-state index in [9.17, 15) is 9.59 Å². The number of para-hydroxylation sites is 1. The molecule has 136 valence electrons. The zero-order valence-corrected chi connectivity index (χ0v) is 16.1. The number of benzene rings is 2. The number of hydrogen-bond donors (Lipinski definition) is 1. The number of fused-ring (bicyclic) bond motifs is 1. The monoisotopic (exact) mass is 390 g/mol. The second kappa shape index (κ2) is 7.93. The first kappa shape index (κ1) is 18.5. The maximum Gasteiger partial charge on any atom is 0.308 e. The minimum absolute atomic E-state index is 0.000496. The number of hydrogen-bond acceptors (Lipinski definition) is 4. The fraction of sp³-hybridized carbons (Fsp3) is 0.263. The van der Waals surface area contributed by atoms with E-state index in [1.165, 1.54) is 11.3 Å². The van der Waals surface area contributed by atoms with Gasteiger partial charge < -0.3 is 10.1 Å². The highest BCUT2D eigenvalue weighted by atomic mass is 35.5. The largest absolute Gasteiger partial charge is 0.479 e. The summed E-state index contributed by atoms with van der Waals surface area (Å²) in [7, 11) is 0. The number of thiazole rings is 1. The zero-order chi connectivity index (χ0) is 18.7. The zero-order valence-electron chi connectivity index (χ0n) is 14.5. The van der Waals surface area contributed by atoms with Crippen molar-refractivity contribution in [2.24, 2.45) is 0 Å². The summed E-state index contributed by atoms with van der Waals surface area (Å²) in [4.78, 5) is 24.5. The molecule has 1 N–H and O–H groups in total. The molecular formula is C19H19ClN2O3S. The molecule has 1 heterocycles. The number of carbonyl (C=O) groups excluding carboxylic acids is 1. The van der Waals surface area contributed by atoms with Crippen LogP contribution in [0.5, 0.6) is 5.75 Å². The third kappa shape index (κ3) is 3.76. The van der Waals surface area contributed by atoms with E-state index in [2.05, 4.69) is 5.32 Å². The second-order valence-corrected chi connectivity index (χ2v) is 7.13. The van der Waals surface area contributed by atoms with E-state index >= 15 is 0 Å². The third-order valence-corrected chi connectivity index (χ3v) is 5.28. The Morgan fingerprint density at radius 1 is 1.27 bits per heavy atom. The van der Waals surface area contributed by atoms with Gasteiger partial charge in [0.1, 0.15) is 5.75 Å². The molecule has 0 saturated heterocycles. The van der Waals surface area contributed by atoms with Crippen LogP contribution in [0.25, 0.3) is 10.2 Å². The molecule has 7 heteroatoms. The average molecular weight is 391 g/mol. The molecule has 0 bridgehead atoms. The quantitative estimate of drug-likeness (QED) is 0.672. The van der Waals surface area contributed by atoms with E-state index in [1.807, 2.05) is 26.0 Å². The lowest BCUT2D eigenvalue weighted by Gasteiger charge is -2.18. The summed E-state index contributed by atoms with van der Waals surface area (Å²) in [5.74, 6) is 0.221. The molecule has 5 nitrogen and oxygen atoms in total. The number of aromatic nitrogens is 1. The Hall–Kier alpha value is -2.31. The highest BCUT2D eigenvalue weighted by Gasteiger charge is 2.20. The fourth-order valence-corrected chi connectivity index (χ4v) is 3.86. The molecule has 3 rings (SSSR count). The molecule has 0 spiro atoms. The number of nitrogens with zero attached hydrogens (tertiary/aromatic N) is 1. The van der Waals surface area contributed by atoms with Crippen molar-refractivity contribution in [3.63, 3.8) is 0 Å². The van der Waals surface area contributed by atoms with Gasteiger partial charge in [-0.25, -0.2) is 0 Å². The first-order valence-corrected chi connectivity index (χ1v) is 9.58. The number of ether oxygens (including phenoxy) is 1. The molecule has 3 aromatic rings. The topological polar surface area (TPSA) is 60.3 Å². The van der Waals surface area contributed by atoms with Crippen LogP contribution in [-0.2, 0) is 11.3 Å². The molecule has 0 aliphatic carbocycles. The molecule has 0 radical (unpaired) electrons. The van der Waals surface area contributed by atoms with Gasteiger partial charge >= 0.3 is 4.87 Å². The summed E-state index contributed by atoms with van der Waals surface area (Å²) < 4.78 is 8.31. The Labute approximate surface area is 160 Å². The van der Waals surface area contributed by atoms with Crippen LogP contribution in [0.4, 0.5) is 5.69 Å². The lowest BCUT2D eigenvalue weighted by Crippen LogP contribution is -2.32. The predicted octanol–water partition coefficient (Wildman–Crippen LogP) is 4.53. The van der Waals surface area contributed by atoms with Gasteiger partial charge in [-0.05, 0) is 43.7 Å². The fourth-order valence-electron chi connectivity index (χ4n) is 2.68. The summed E-state index contributed by atoms with van der Waals surface area (Å²) in [6.07, 6.45) is -0.164. The summed E-state index contributed by atoms with van der Waals surface area (Å²) in [6, 6.07) is 12.5. The van der Waals surface area contributed by atoms with Crippen LogP contribution in [-0.4, -0.2) is 16.6 Å². The Bertz CT molecular complexity index is 996. The smallest absolute Gasteiger partial charge is 0.308 e. The normalized spacial score (nSPS) is 12.1. The summed E-state index contributed by atoms with van der Waals surface area (Å²) in [5, 5.41) is 3.32. The standard InChI is InChI=1S/C19H19ClN2O3S/c1-3-15(25-16-8-6-5-7-13(16)20)18(23)21-12-9-10-14-17(11-12)26-19(24)22(14)4-2/h5-11,15H,3-4H2,1-2H3,(H,21,23)/t15-/m1/s1. The molecule has 0 saturated carbocycles. The van der Waals surface area contributed by atoms with Crippen molar-refractivity contribution in [2.45, 2.75) is 32.9 Å². The van der Waals surface area contributed by atoms with Gasteiger partial charge in [0, 0.05) is 12.2 Å². The van der Waals surface area contributed by atoms with Crippen molar-refractivity contribution in [3.05, 3.63) is 57.2 Å². The predicted molar refractivity (Wildman–Crippen MR) is 107 cm³/mol. The van der Waals surface area contributed by atoms with Gasteiger partial charge in [-0.2, -0.15) is 0 Å². The minimum Gasteiger partial charge on any atom is -0.479 e. The molecule has 1 aromatic heterocycles. The average Bonchev–Trinajstić information content (AvgIpc) is 2.95. The first-order chi connectivity index (χ1) is 12.5. The Morgan fingerprint density at radius 2 is 2.04 bits per heavy atom. The summed E-state index contributed by atoms with van der Waals surface area (Å²) in [6.45, 7) is 4.42. The van der Waals surface area contributed by atoms with Crippen LogP contribution in [0.1, 0.15) is 20.3 Å². The number of anilines is 1. The molecule has 1 amide bonds. The van der Waals surface area contributed by atoms with E-state index in [4.69, 9.17) is 16.3 Å². The molecule has 0 fully saturated rings. The number of aryl methyl sites for hydroxylation is 1. The highest BCUT2D eigenvalue weighted by molar-refractivity contribution is 7.16. The number of nitrogens with one attached hydrogen (secondary N) is 1. The lowest BCUT2D eigenvalue weighted by atomic mass is 10.2. The van der Waals surface area contributed by atoms with Crippen molar-refractivity contribution in [1.29, 1.82) is 0 Å². The van der Waals surface area contributed by atoms with Crippen LogP contribution in [0.2, 0.25) is 5.02 Å². The maximum absolute atomic E-state index is 12.6. The van der Waals surface area contributed by atoms with Crippen LogP contribution in [0.15, 0.2) is 47.3 Å². The van der Waals surface area contributed by atoms with Gasteiger partial charge in [-0.1, -0.05) is 42.0 Å². The van der Waals surface area contributed by atoms with Crippen LogP contribution in [0, 0.1) is 0 Å². The summed E-state index contributed by atoms with van der Waals surface area (Å²) in [5.41, 5.74) is 1.51. The van der Waals surface area contributed by atoms with E-state index in [0.717, 1.165) is 10.2 Å². The van der Waals surface area contributed by atoms with Crippen molar-refractivity contribution in [2.75, 3.05) is 5.32 Å². The summed E-state index contributed by atoms with van der Waals surface area (Å²) >= 11 is 7.27. The van der Waals surface area contributed by atoms with Gasteiger partial charge in [-0.15, -0.1) is 0 Å². The molecular weight excluding hydrogens is 372 g/mol. The van der Waals surface area contributed by atoms with E-state index in [-0.39, 0.29) is 10.8 Å².